The molecule has 2 heterocycles. The van der Waals surface area contributed by atoms with Crippen LogP contribution in [0.1, 0.15) is 134 Å². The van der Waals surface area contributed by atoms with Gasteiger partial charge < -0.3 is 10.6 Å². The predicted octanol–water partition coefficient (Wildman–Crippen LogP) is 13.5. The lowest BCUT2D eigenvalue weighted by Crippen LogP contribution is -2.28. The van der Waals surface area contributed by atoms with E-state index in [1.54, 1.807) is 0 Å². The zero-order valence-electron chi connectivity index (χ0n) is 33.3. The van der Waals surface area contributed by atoms with Crippen LogP contribution >= 0.6 is 0 Å². The van der Waals surface area contributed by atoms with E-state index in [9.17, 15) is 0 Å². The number of fused-ring (bicyclic) bond motifs is 2. The van der Waals surface area contributed by atoms with Crippen LogP contribution in [0.3, 0.4) is 0 Å². The number of rotatable bonds is 16. The van der Waals surface area contributed by atoms with Crippen molar-refractivity contribution < 1.29 is 4.58 Å². The molecule has 0 saturated carbocycles. The van der Waals surface area contributed by atoms with E-state index < -0.39 is 0 Å². The molecule has 0 fully saturated rings. The molecule has 6 rings (SSSR count). The van der Waals surface area contributed by atoms with Crippen molar-refractivity contribution in [1.29, 1.82) is 0 Å². The highest BCUT2D eigenvalue weighted by Gasteiger charge is 2.44. The van der Waals surface area contributed by atoms with E-state index in [1.165, 1.54) is 126 Å². The molecule has 274 valence electrons. The Balaban J connectivity index is 1.26. The van der Waals surface area contributed by atoms with Crippen molar-refractivity contribution in [2.75, 3.05) is 17.2 Å². The van der Waals surface area contributed by atoms with Gasteiger partial charge >= 0.3 is 0 Å². The quantitative estimate of drug-likeness (QED) is 0.115. The standard InChI is InChI=1S/C49H63N3/c1-8-9-10-11-12-13-14-15-16-20-33-52-44-30-24-37(3)35-42(44)49(6,7)46(52)32-28-39-26-25-38(47(39)50-40-21-18-17-19-22-40)27-31-45-48(4,5)41-34-36(2)23-29-43(41)51-45/h17-19,21-24,27-32,34-35H,8-16,20,25-26,33H2,1-7H3,(H,50,51)/p+1. The number of hydrogen-bond acceptors (Lipinski definition) is 2. The van der Waals surface area contributed by atoms with E-state index in [0.29, 0.717) is 0 Å². The minimum atomic E-state index is -0.0632. The van der Waals surface area contributed by atoms with E-state index in [-0.39, 0.29) is 10.8 Å². The zero-order valence-corrected chi connectivity index (χ0v) is 33.3. The van der Waals surface area contributed by atoms with Gasteiger partial charge in [0.2, 0.25) is 5.69 Å². The third kappa shape index (κ3) is 8.41. The number of nitrogens with one attached hydrogen (secondary N) is 2. The summed E-state index contributed by atoms with van der Waals surface area (Å²) in [5, 5.41) is 7.59. The van der Waals surface area contributed by atoms with E-state index in [0.717, 1.165) is 25.1 Å². The maximum absolute atomic E-state index is 3.85. The lowest BCUT2D eigenvalue weighted by molar-refractivity contribution is -0.438. The highest BCUT2D eigenvalue weighted by molar-refractivity contribution is 6.03. The van der Waals surface area contributed by atoms with Gasteiger partial charge in [-0.15, -0.1) is 0 Å². The Hall–Kier alpha value is -4.11. The van der Waals surface area contributed by atoms with Gasteiger partial charge in [-0.05, 0) is 94.0 Å². The summed E-state index contributed by atoms with van der Waals surface area (Å²) in [5.41, 5.74) is 15.8. The van der Waals surface area contributed by atoms with Crippen LogP contribution in [-0.2, 0) is 10.8 Å². The van der Waals surface area contributed by atoms with Crippen LogP contribution in [0.5, 0.6) is 0 Å². The van der Waals surface area contributed by atoms with Gasteiger partial charge in [0.15, 0.2) is 5.71 Å². The smallest absolute Gasteiger partial charge is 0.209 e. The Labute approximate surface area is 315 Å². The fourth-order valence-corrected chi connectivity index (χ4v) is 8.52. The maximum atomic E-state index is 3.85. The molecule has 0 spiro atoms. The van der Waals surface area contributed by atoms with Gasteiger partial charge in [0, 0.05) is 52.3 Å². The van der Waals surface area contributed by atoms with E-state index in [4.69, 9.17) is 0 Å². The minimum Gasteiger partial charge on any atom is -0.358 e. The number of benzene rings is 3. The summed E-state index contributed by atoms with van der Waals surface area (Å²) < 4.78 is 2.64. The number of allylic oxidation sites excluding steroid dienone is 7. The third-order valence-electron chi connectivity index (χ3n) is 11.8. The number of nitrogens with zero attached hydrogens (tertiary/aromatic N) is 1. The monoisotopic (exact) mass is 695 g/mol. The number of anilines is 2. The van der Waals surface area contributed by atoms with E-state index in [2.05, 4.69) is 155 Å². The van der Waals surface area contributed by atoms with Crippen LogP contribution in [0.4, 0.5) is 17.1 Å². The van der Waals surface area contributed by atoms with Gasteiger partial charge in [-0.25, -0.2) is 0 Å². The van der Waals surface area contributed by atoms with Crippen molar-refractivity contribution in [3.05, 3.63) is 136 Å². The van der Waals surface area contributed by atoms with E-state index >= 15 is 0 Å². The summed E-state index contributed by atoms with van der Waals surface area (Å²) in [4.78, 5) is 0. The summed E-state index contributed by atoms with van der Waals surface area (Å²) in [5.74, 6) is 0. The van der Waals surface area contributed by atoms with Gasteiger partial charge in [0.25, 0.3) is 0 Å². The first kappa shape index (κ1) is 37.6. The molecule has 3 heteroatoms. The van der Waals surface area contributed by atoms with Crippen LogP contribution < -0.4 is 10.6 Å². The molecular formula is C49H64N3+. The van der Waals surface area contributed by atoms with Crippen LogP contribution in [0.2, 0.25) is 0 Å². The van der Waals surface area contributed by atoms with Crippen LogP contribution in [-0.4, -0.2) is 16.8 Å². The fraction of sp³-hybridized carbons (Fsp3) is 0.449. The SMILES string of the molecule is CCCCCCCCCCCC[N+]1=C(/C=C/C2=C(Nc3ccccc3)C(=C/C=C3/Nc4ccc(C)cc4C3(C)C)/CC2)C(C)(C)c2cc(C)ccc21. The topological polar surface area (TPSA) is 27.1 Å². The molecule has 0 saturated heterocycles. The highest BCUT2D eigenvalue weighted by atomic mass is 15.1. The number of para-hydroxylation sites is 1. The van der Waals surface area contributed by atoms with Crippen molar-refractivity contribution in [3.63, 3.8) is 0 Å². The molecule has 3 aromatic carbocycles. The number of aryl methyl sites for hydroxylation is 2. The Kier molecular flexibility index (Phi) is 12.1. The number of hydrogen-bond donors (Lipinski definition) is 2. The summed E-state index contributed by atoms with van der Waals surface area (Å²) in [6, 6.07) is 24.5. The Morgan fingerprint density at radius 1 is 0.692 bits per heavy atom. The third-order valence-corrected chi connectivity index (χ3v) is 11.8. The molecule has 0 unspecified atom stereocenters. The molecule has 0 radical (unpaired) electrons. The first-order valence-electron chi connectivity index (χ1n) is 20.4. The van der Waals surface area contributed by atoms with Crippen molar-refractivity contribution in [1.82, 2.24) is 0 Å². The average Bonchev–Trinajstić information content (AvgIpc) is 3.69. The van der Waals surface area contributed by atoms with Gasteiger partial charge in [0.05, 0.1) is 5.41 Å². The second-order valence-electron chi connectivity index (χ2n) is 16.7. The lowest BCUT2D eigenvalue weighted by Gasteiger charge is -2.20. The zero-order chi connectivity index (χ0) is 36.7. The highest BCUT2D eigenvalue weighted by Crippen LogP contribution is 2.45. The summed E-state index contributed by atoms with van der Waals surface area (Å²) in [6.07, 6.45) is 25.2. The van der Waals surface area contributed by atoms with Crippen molar-refractivity contribution >= 4 is 22.8 Å². The molecule has 2 N–H and O–H groups in total. The van der Waals surface area contributed by atoms with Gasteiger partial charge in [0.1, 0.15) is 6.54 Å². The molecular weight excluding hydrogens is 631 g/mol. The summed E-state index contributed by atoms with van der Waals surface area (Å²) in [6.45, 7) is 17.3. The predicted molar refractivity (Wildman–Crippen MR) is 225 cm³/mol. The van der Waals surface area contributed by atoms with Crippen LogP contribution in [0.25, 0.3) is 0 Å². The van der Waals surface area contributed by atoms with Crippen LogP contribution in [0.15, 0.2) is 114 Å². The van der Waals surface area contributed by atoms with Gasteiger partial charge in [-0.3, -0.25) is 0 Å². The van der Waals surface area contributed by atoms with Gasteiger partial charge in [-0.2, -0.15) is 4.58 Å². The molecule has 0 aromatic heterocycles. The molecule has 2 aliphatic heterocycles. The molecule has 0 amide bonds. The molecule has 52 heavy (non-hydrogen) atoms. The minimum absolute atomic E-state index is 0.0568. The normalized spacial score (nSPS) is 18.9. The first-order chi connectivity index (χ1) is 25.1. The fourth-order valence-electron chi connectivity index (χ4n) is 8.52. The Morgan fingerprint density at radius 2 is 1.35 bits per heavy atom. The Morgan fingerprint density at radius 3 is 2.06 bits per heavy atom. The molecule has 0 bridgehead atoms. The number of unbranched alkanes of at least 4 members (excludes halogenated alkanes) is 9. The molecule has 3 nitrogen and oxygen atoms in total. The second-order valence-corrected chi connectivity index (χ2v) is 16.7. The first-order valence-corrected chi connectivity index (χ1v) is 20.4. The van der Waals surface area contributed by atoms with Crippen molar-refractivity contribution in [2.24, 2.45) is 0 Å². The summed E-state index contributed by atoms with van der Waals surface area (Å²) >= 11 is 0. The lowest BCUT2D eigenvalue weighted by atomic mass is 9.80. The van der Waals surface area contributed by atoms with E-state index in [1.807, 2.05) is 0 Å². The molecule has 3 aliphatic rings. The molecule has 3 aromatic rings. The second kappa shape index (κ2) is 16.7. The van der Waals surface area contributed by atoms with Crippen LogP contribution in [0, 0.1) is 13.8 Å². The Bertz CT molecular complexity index is 1880. The van der Waals surface area contributed by atoms with Crippen molar-refractivity contribution in [2.45, 2.75) is 136 Å². The largest absolute Gasteiger partial charge is 0.358 e. The average molecular weight is 695 g/mol. The molecule has 0 atom stereocenters. The maximum Gasteiger partial charge on any atom is 0.209 e. The summed E-state index contributed by atoms with van der Waals surface area (Å²) in [7, 11) is 0. The van der Waals surface area contributed by atoms with Crippen molar-refractivity contribution in [3.8, 4) is 0 Å². The molecule has 1 aliphatic carbocycles. The van der Waals surface area contributed by atoms with Gasteiger partial charge in [-0.1, -0.05) is 132 Å².